The van der Waals surface area contributed by atoms with Crippen LogP contribution in [0.1, 0.15) is 34.6 Å². The van der Waals surface area contributed by atoms with Crippen molar-refractivity contribution in [3.05, 3.63) is 28.7 Å². The van der Waals surface area contributed by atoms with Gasteiger partial charge in [0.15, 0.2) is 5.58 Å². The quantitative estimate of drug-likeness (QED) is 0.587. The molecular formula is C19H28N2O6S. The van der Waals surface area contributed by atoms with Crippen LogP contribution in [0.25, 0.3) is 11.1 Å². The summed E-state index contributed by atoms with van der Waals surface area (Å²) in [5.41, 5.74) is 0.459. The van der Waals surface area contributed by atoms with Crippen LogP contribution in [-0.4, -0.2) is 43.0 Å². The normalized spacial score (nSPS) is 12.4. The number of benzene rings is 1. The number of sulfonamides is 1. The highest BCUT2D eigenvalue weighted by Crippen LogP contribution is 2.23. The molecule has 0 saturated heterocycles. The summed E-state index contributed by atoms with van der Waals surface area (Å²) in [6, 6.07) is 4.25. The molecule has 0 fully saturated rings. The van der Waals surface area contributed by atoms with Crippen molar-refractivity contribution >= 4 is 27.1 Å². The van der Waals surface area contributed by atoms with E-state index in [1.165, 1.54) is 22.5 Å². The van der Waals surface area contributed by atoms with E-state index in [-0.39, 0.29) is 35.5 Å². The van der Waals surface area contributed by atoms with E-state index in [0.29, 0.717) is 18.6 Å². The second kappa shape index (κ2) is 8.91. The maximum atomic E-state index is 13.1. The number of oxazole rings is 1. The maximum Gasteiger partial charge on any atom is 0.420 e. The van der Waals surface area contributed by atoms with Gasteiger partial charge in [-0.3, -0.25) is 9.36 Å². The topological polar surface area (TPSA) is 98.8 Å². The zero-order valence-corrected chi connectivity index (χ0v) is 17.8. The smallest absolute Gasteiger partial charge is 0.420 e. The predicted molar refractivity (Wildman–Crippen MR) is 106 cm³/mol. The van der Waals surface area contributed by atoms with E-state index in [4.69, 9.17) is 9.15 Å². The Kier molecular flexibility index (Phi) is 7.06. The molecule has 0 aliphatic heterocycles. The lowest BCUT2D eigenvalue weighted by Gasteiger charge is -2.25. The van der Waals surface area contributed by atoms with Crippen LogP contribution in [0, 0.1) is 11.8 Å². The summed E-state index contributed by atoms with van der Waals surface area (Å²) in [5.74, 6) is -0.968. The Labute approximate surface area is 165 Å². The number of carbonyl (C=O) groups is 1. The molecule has 0 amide bonds. The van der Waals surface area contributed by atoms with Crippen LogP contribution >= 0.6 is 0 Å². The molecule has 0 spiro atoms. The Bertz CT molecular complexity index is 978. The van der Waals surface area contributed by atoms with Gasteiger partial charge in [-0.1, -0.05) is 27.7 Å². The number of fused-ring (bicyclic) bond motifs is 1. The number of aromatic nitrogens is 1. The molecule has 8 nitrogen and oxygen atoms in total. The molecule has 9 heteroatoms. The number of hydrogen-bond acceptors (Lipinski definition) is 6. The lowest BCUT2D eigenvalue weighted by molar-refractivity contribution is -0.143. The second-order valence-corrected chi connectivity index (χ2v) is 9.44. The molecule has 0 aliphatic rings. The van der Waals surface area contributed by atoms with Gasteiger partial charge in [-0.2, -0.15) is 4.31 Å². The van der Waals surface area contributed by atoms with Gasteiger partial charge in [0, 0.05) is 19.2 Å². The molecule has 2 rings (SSSR count). The molecule has 0 atom stereocenters. The van der Waals surface area contributed by atoms with Gasteiger partial charge in [-0.05, 0) is 30.9 Å². The van der Waals surface area contributed by atoms with Gasteiger partial charge in [-0.25, -0.2) is 13.2 Å². The summed E-state index contributed by atoms with van der Waals surface area (Å²) < 4.78 is 38.9. The molecule has 0 radical (unpaired) electrons. The molecule has 0 N–H and O–H groups in total. The molecule has 2 aromatic rings. The average Bonchev–Trinajstić information content (AvgIpc) is 2.88. The molecular weight excluding hydrogens is 384 g/mol. The number of carbonyl (C=O) groups excluding carboxylic acids is 1. The van der Waals surface area contributed by atoms with Crippen LogP contribution in [0.2, 0.25) is 0 Å². The molecule has 0 saturated carbocycles. The highest BCUT2D eigenvalue weighted by Gasteiger charge is 2.27. The molecule has 0 unspecified atom stereocenters. The first-order valence-electron chi connectivity index (χ1n) is 9.35. The third-order valence-corrected chi connectivity index (χ3v) is 5.84. The molecule has 0 aliphatic carbocycles. The predicted octanol–water partition coefficient (Wildman–Crippen LogP) is 2.46. The first-order chi connectivity index (χ1) is 13.1. The van der Waals surface area contributed by atoms with Gasteiger partial charge >= 0.3 is 11.7 Å². The average molecular weight is 413 g/mol. The Morgan fingerprint density at radius 2 is 1.79 bits per heavy atom. The zero-order chi connectivity index (χ0) is 21.1. The maximum absolute atomic E-state index is 13.1. The second-order valence-electron chi connectivity index (χ2n) is 7.50. The van der Waals surface area contributed by atoms with Crippen LogP contribution in [0.5, 0.6) is 0 Å². The Hall–Kier alpha value is -2.13. The summed E-state index contributed by atoms with van der Waals surface area (Å²) in [6.45, 7) is 10.2. The van der Waals surface area contributed by atoms with E-state index >= 15 is 0 Å². The highest BCUT2D eigenvalue weighted by molar-refractivity contribution is 7.89. The highest BCUT2D eigenvalue weighted by atomic mass is 32.2. The molecule has 1 heterocycles. The van der Waals surface area contributed by atoms with Crippen LogP contribution < -0.4 is 5.76 Å². The summed E-state index contributed by atoms with van der Waals surface area (Å²) in [6.07, 6.45) is 0. The zero-order valence-electron chi connectivity index (χ0n) is 17.0. The third kappa shape index (κ3) is 5.02. The van der Waals surface area contributed by atoms with Crippen molar-refractivity contribution in [3.63, 3.8) is 0 Å². The number of rotatable bonds is 9. The van der Waals surface area contributed by atoms with E-state index in [0.717, 1.165) is 4.57 Å². The fourth-order valence-corrected chi connectivity index (χ4v) is 4.71. The van der Waals surface area contributed by atoms with Crippen LogP contribution in [-0.2, 0) is 26.1 Å². The third-order valence-electron chi connectivity index (χ3n) is 4.01. The monoisotopic (exact) mass is 412 g/mol. The summed E-state index contributed by atoms with van der Waals surface area (Å²) >= 11 is 0. The van der Waals surface area contributed by atoms with E-state index in [2.05, 4.69) is 0 Å². The van der Waals surface area contributed by atoms with E-state index in [9.17, 15) is 18.0 Å². The molecule has 28 heavy (non-hydrogen) atoms. The summed E-state index contributed by atoms with van der Waals surface area (Å²) in [5, 5.41) is 0. The van der Waals surface area contributed by atoms with Gasteiger partial charge in [0.2, 0.25) is 10.0 Å². The van der Waals surface area contributed by atoms with Crippen molar-refractivity contribution < 1.29 is 22.4 Å². The largest absolute Gasteiger partial charge is 0.465 e. The first kappa shape index (κ1) is 22.2. The van der Waals surface area contributed by atoms with Gasteiger partial charge in [0.1, 0.15) is 6.54 Å². The van der Waals surface area contributed by atoms with Gasteiger partial charge in [0.05, 0.1) is 17.0 Å². The van der Waals surface area contributed by atoms with Gasteiger partial charge in [-0.15, -0.1) is 0 Å². The van der Waals surface area contributed by atoms with Crippen LogP contribution in [0.15, 0.2) is 32.3 Å². The van der Waals surface area contributed by atoms with E-state index in [1.54, 1.807) is 6.92 Å². The molecule has 0 bridgehead atoms. The first-order valence-corrected chi connectivity index (χ1v) is 10.8. The van der Waals surface area contributed by atoms with E-state index in [1.807, 2.05) is 27.7 Å². The summed E-state index contributed by atoms with van der Waals surface area (Å²) in [4.78, 5) is 23.8. The van der Waals surface area contributed by atoms with Crippen LogP contribution in [0.3, 0.4) is 0 Å². The van der Waals surface area contributed by atoms with Crippen LogP contribution in [0.4, 0.5) is 0 Å². The fourth-order valence-electron chi connectivity index (χ4n) is 2.93. The lowest BCUT2D eigenvalue weighted by Crippen LogP contribution is -2.37. The van der Waals surface area contributed by atoms with Gasteiger partial charge in [0.25, 0.3) is 0 Å². The Balaban J connectivity index is 2.44. The number of nitrogens with zero attached hydrogens (tertiary/aromatic N) is 2. The number of ether oxygens (including phenoxy) is 1. The molecule has 1 aromatic heterocycles. The standard InChI is InChI=1S/C19H28N2O6S/c1-6-26-18(22)12-21-16-8-7-15(9-17(16)27-19(21)23)28(24,25)20(10-13(2)3)11-14(4)5/h7-9,13-14H,6,10-12H2,1-5H3. The van der Waals surface area contributed by atoms with Crippen molar-refractivity contribution in [2.75, 3.05) is 19.7 Å². The Morgan fingerprint density at radius 3 is 2.32 bits per heavy atom. The number of esters is 1. The van der Waals surface area contributed by atoms with Crippen molar-refractivity contribution in [1.29, 1.82) is 0 Å². The van der Waals surface area contributed by atoms with E-state index < -0.39 is 21.7 Å². The Morgan fingerprint density at radius 1 is 1.18 bits per heavy atom. The minimum absolute atomic E-state index is 0.0540. The minimum Gasteiger partial charge on any atom is -0.465 e. The minimum atomic E-state index is -3.75. The molecule has 156 valence electrons. The van der Waals surface area contributed by atoms with Crippen molar-refractivity contribution in [1.82, 2.24) is 8.87 Å². The molecule has 1 aromatic carbocycles. The van der Waals surface area contributed by atoms with Crippen molar-refractivity contribution in [2.24, 2.45) is 11.8 Å². The van der Waals surface area contributed by atoms with Crippen molar-refractivity contribution in [3.8, 4) is 0 Å². The fraction of sp³-hybridized carbons (Fsp3) is 0.579. The summed E-state index contributed by atoms with van der Waals surface area (Å²) in [7, 11) is -3.75. The SMILES string of the molecule is CCOC(=O)Cn1c(=O)oc2cc(S(=O)(=O)N(CC(C)C)CC(C)C)ccc21. The van der Waals surface area contributed by atoms with Gasteiger partial charge < -0.3 is 9.15 Å². The van der Waals surface area contributed by atoms with Crippen molar-refractivity contribution in [2.45, 2.75) is 46.1 Å². The number of hydrogen-bond donors (Lipinski definition) is 0. The lowest BCUT2D eigenvalue weighted by atomic mass is 10.2.